The van der Waals surface area contributed by atoms with Crippen LogP contribution < -0.4 is 0 Å². The Kier molecular flexibility index (Phi) is 9.14. The van der Waals surface area contributed by atoms with E-state index in [-0.39, 0.29) is 5.97 Å². The lowest BCUT2D eigenvalue weighted by Crippen LogP contribution is -2.42. The fourth-order valence-corrected chi connectivity index (χ4v) is 2.51. The molecular formula is C14H29NO2. The van der Waals surface area contributed by atoms with E-state index in [1.807, 2.05) is 6.92 Å². The number of carbonyl (C=O) groups is 1. The van der Waals surface area contributed by atoms with Crippen molar-refractivity contribution in [3.05, 3.63) is 0 Å². The Labute approximate surface area is 107 Å². The van der Waals surface area contributed by atoms with Gasteiger partial charge in [-0.3, -0.25) is 4.79 Å². The molecule has 0 aromatic rings. The summed E-state index contributed by atoms with van der Waals surface area (Å²) in [6.45, 7) is 13.1. The zero-order valence-electron chi connectivity index (χ0n) is 12.2. The molecule has 0 aromatic heterocycles. The van der Waals surface area contributed by atoms with E-state index in [0.717, 1.165) is 25.9 Å². The molecule has 0 aliphatic rings. The molecule has 17 heavy (non-hydrogen) atoms. The van der Waals surface area contributed by atoms with Crippen LogP contribution in [0.2, 0.25) is 0 Å². The molecule has 0 aliphatic heterocycles. The molecule has 0 saturated carbocycles. The summed E-state index contributed by atoms with van der Waals surface area (Å²) < 4.78 is 5.09. The first kappa shape index (κ1) is 16.4. The van der Waals surface area contributed by atoms with Crippen LogP contribution in [0.3, 0.4) is 0 Å². The largest absolute Gasteiger partial charge is 0.466 e. The molecule has 0 N–H and O–H groups in total. The minimum Gasteiger partial charge on any atom is -0.466 e. The third-order valence-electron chi connectivity index (χ3n) is 3.56. The number of nitrogens with zero attached hydrogens (tertiary/aromatic N) is 1. The Morgan fingerprint density at radius 3 is 1.94 bits per heavy atom. The Morgan fingerprint density at radius 2 is 1.59 bits per heavy atom. The van der Waals surface area contributed by atoms with Crippen molar-refractivity contribution in [2.75, 3.05) is 19.7 Å². The molecule has 1 atom stereocenters. The van der Waals surface area contributed by atoms with Gasteiger partial charge in [-0.05, 0) is 25.9 Å². The maximum absolute atomic E-state index is 11.7. The molecule has 0 rings (SSSR count). The van der Waals surface area contributed by atoms with Crippen molar-refractivity contribution in [2.24, 2.45) is 5.92 Å². The summed E-state index contributed by atoms with van der Waals surface area (Å²) >= 11 is 0. The van der Waals surface area contributed by atoms with Crippen LogP contribution in [0, 0.1) is 5.92 Å². The quantitative estimate of drug-likeness (QED) is 0.583. The van der Waals surface area contributed by atoms with E-state index in [1.54, 1.807) is 0 Å². The van der Waals surface area contributed by atoms with Crippen LogP contribution in [0.5, 0.6) is 0 Å². The highest BCUT2D eigenvalue weighted by molar-refractivity contribution is 5.70. The first-order valence-corrected chi connectivity index (χ1v) is 7.03. The highest BCUT2D eigenvalue weighted by Crippen LogP contribution is 2.22. The van der Waals surface area contributed by atoms with Gasteiger partial charge in [-0.15, -0.1) is 0 Å². The Bertz CT molecular complexity index is 186. The summed E-state index contributed by atoms with van der Waals surface area (Å²) in [5, 5.41) is 0. The number of esters is 1. The molecule has 0 spiro atoms. The summed E-state index contributed by atoms with van der Waals surface area (Å²) in [7, 11) is 0. The van der Waals surface area contributed by atoms with E-state index in [1.165, 1.54) is 0 Å². The predicted octanol–water partition coefficient (Wildman–Crippen LogP) is 3.09. The minimum absolute atomic E-state index is 0.0590. The highest BCUT2D eigenvalue weighted by atomic mass is 16.5. The zero-order valence-corrected chi connectivity index (χ0v) is 12.2. The van der Waals surface area contributed by atoms with E-state index in [0.29, 0.717) is 25.0 Å². The molecule has 0 aromatic carbocycles. The van der Waals surface area contributed by atoms with Gasteiger partial charge in [0.2, 0.25) is 0 Å². The molecule has 0 fully saturated rings. The van der Waals surface area contributed by atoms with Crippen LogP contribution in [0.1, 0.15) is 53.9 Å². The summed E-state index contributed by atoms with van der Waals surface area (Å²) in [5.41, 5.74) is 0. The minimum atomic E-state index is -0.0590. The predicted molar refractivity (Wildman–Crippen MR) is 72.0 cm³/mol. The number of hydrogen-bond donors (Lipinski definition) is 0. The lowest BCUT2D eigenvalue weighted by molar-refractivity contribution is -0.145. The topological polar surface area (TPSA) is 29.5 Å². The molecule has 0 bridgehead atoms. The summed E-state index contributed by atoms with van der Waals surface area (Å²) in [5.74, 6) is 0.524. The molecule has 1 unspecified atom stereocenters. The highest BCUT2D eigenvalue weighted by Gasteiger charge is 2.26. The van der Waals surface area contributed by atoms with Crippen LogP contribution in [0.15, 0.2) is 0 Å². The van der Waals surface area contributed by atoms with Gasteiger partial charge in [0.05, 0.1) is 13.0 Å². The average molecular weight is 243 g/mol. The Balaban J connectivity index is 4.64. The third kappa shape index (κ3) is 5.53. The molecule has 0 saturated heterocycles. The number of ether oxygens (including phenoxy) is 1. The number of rotatable bonds is 9. The Hall–Kier alpha value is -0.570. The summed E-state index contributed by atoms with van der Waals surface area (Å²) in [4.78, 5) is 14.1. The summed E-state index contributed by atoms with van der Waals surface area (Å²) in [6, 6.07) is 0.332. The van der Waals surface area contributed by atoms with Gasteiger partial charge in [0.1, 0.15) is 0 Å². The van der Waals surface area contributed by atoms with Gasteiger partial charge in [0.25, 0.3) is 0 Å². The van der Waals surface area contributed by atoms with Gasteiger partial charge in [-0.2, -0.15) is 0 Å². The fourth-order valence-electron chi connectivity index (χ4n) is 2.51. The molecule has 0 heterocycles. The lowest BCUT2D eigenvalue weighted by Gasteiger charge is -2.34. The maximum Gasteiger partial charge on any atom is 0.307 e. The van der Waals surface area contributed by atoms with Crippen molar-refractivity contribution in [2.45, 2.75) is 59.9 Å². The standard InChI is InChI=1S/C14H29NO2/c1-6-12(7-2)13(15(8-3)9-4)11-14(16)17-10-5/h12-13H,6-11H2,1-5H3. The van der Waals surface area contributed by atoms with Crippen molar-refractivity contribution in [1.82, 2.24) is 4.90 Å². The monoisotopic (exact) mass is 243 g/mol. The van der Waals surface area contributed by atoms with Gasteiger partial charge >= 0.3 is 5.97 Å². The van der Waals surface area contributed by atoms with Crippen LogP contribution >= 0.6 is 0 Å². The molecule has 0 amide bonds. The van der Waals surface area contributed by atoms with Crippen molar-refractivity contribution in [3.63, 3.8) is 0 Å². The Morgan fingerprint density at radius 1 is 1.06 bits per heavy atom. The van der Waals surface area contributed by atoms with Crippen LogP contribution in [-0.2, 0) is 9.53 Å². The maximum atomic E-state index is 11.7. The van der Waals surface area contributed by atoms with Gasteiger partial charge < -0.3 is 9.64 Å². The lowest BCUT2D eigenvalue weighted by atomic mass is 9.90. The van der Waals surface area contributed by atoms with Gasteiger partial charge in [0.15, 0.2) is 0 Å². The van der Waals surface area contributed by atoms with Crippen LogP contribution in [-0.4, -0.2) is 36.6 Å². The SMILES string of the molecule is CCOC(=O)CC(C(CC)CC)N(CC)CC. The smallest absolute Gasteiger partial charge is 0.307 e. The second-order valence-electron chi connectivity index (χ2n) is 4.37. The first-order chi connectivity index (χ1) is 8.14. The molecule has 0 aliphatic carbocycles. The van der Waals surface area contributed by atoms with Crippen molar-refractivity contribution in [3.8, 4) is 0 Å². The molecule has 0 radical (unpaired) electrons. The number of hydrogen-bond acceptors (Lipinski definition) is 3. The molecule has 102 valence electrons. The summed E-state index contributed by atoms with van der Waals surface area (Å²) in [6.07, 6.45) is 2.77. The van der Waals surface area contributed by atoms with Crippen LogP contribution in [0.4, 0.5) is 0 Å². The van der Waals surface area contributed by atoms with E-state index >= 15 is 0 Å². The molecular weight excluding hydrogens is 214 g/mol. The van der Waals surface area contributed by atoms with E-state index < -0.39 is 0 Å². The van der Waals surface area contributed by atoms with E-state index in [4.69, 9.17) is 4.74 Å². The zero-order chi connectivity index (χ0) is 13.3. The molecule has 3 heteroatoms. The number of carbonyl (C=O) groups excluding carboxylic acids is 1. The van der Waals surface area contributed by atoms with Crippen LogP contribution in [0.25, 0.3) is 0 Å². The second-order valence-corrected chi connectivity index (χ2v) is 4.37. The third-order valence-corrected chi connectivity index (χ3v) is 3.56. The second kappa shape index (κ2) is 9.46. The van der Waals surface area contributed by atoms with E-state index in [2.05, 4.69) is 32.6 Å². The average Bonchev–Trinajstić information content (AvgIpc) is 2.32. The fraction of sp³-hybridized carbons (Fsp3) is 0.929. The molecule has 3 nitrogen and oxygen atoms in total. The normalized spacial score (nSPS) is 13.1. The van der Waals surface area contributed by atoms with E-state index in [9.17, 15) is 4.79 Å². The van der Waals surface area contributed by atoms with Gasteiger partial charge in [0, 0.05) is 6.04 Å². The van der Waals surface area contributed by atoms with Gasteiger partial charge in [-0.25, -0.2) is 0 Å². The van der Waals surface area contributed by atoms with Crippen molar-refractivity contribution < 1.29 is 9.53 Å². The van der Waals surface area contributed by atoms with Crippen molar-refractivity contribution >= 4 is 5.97 Å². The van der Waals surface area contributed by atoms with Crippen molar-refractivity contribution in [1.29, 1.82) is 0 Å². The van der Waals surface area contributed by atoms with Gasteiger partial charge in [-0.1, -0.05) is 40.5 Å². The first-order valence-electron chi connectivity index (χ1n) is 7.03.